The van der Waals surface area contributed by atoms with E-state index in [0.717, 1.165) is 0 Å². The SMILES string of the molecule is COc1ccc(OC)c(NC(=O)COc2cccc(Cl)c2Cl)c1. The molecule has 2 aromatic rings. The Balaban J connectivity index is 2.03. The highest BCUT2D eigenvalue weighted by Crippen LogP contribution is 2.32. The molecule has 0 aliphatic carbocycles. The van der Waals surface area contributed by atoms with Gasteiger partial charge in [0.2, 0.25) is 0 Å². The Kier molecular flexibility index (Phi) is 5.96. The van der Waals surface area contributed by atoms with Crippen LogP contribution in [0.4, 0.5) is 5.69 Å². The van der Waals surface area contributed by atoms with Gasteiger partial charge >= 0.3 is 0 Å². The maximum Gasteiger partial charge on any atom is 0.262 e. The second-order valence-corrected chi connectivity index (χ2v) is 5.24. The van der Waals surface area contributed by atoms with E-state index in [1.165, 1.54) is 14.2 Å². The van der Waals surface area contributed by atoms with Gasteiger partial charge in [-0.25, -0.2) is 0 Å². The molecule has 1 N–H and O–H groups in total. The first-order valence-corrected chi connectivity index (χ1v) is 7.39. The van der Waals surface area contributed by atoms with Crippen LogP contribution in [0.15, 0.2) is 36.4 Å². The fourth-order valence-electron chi connectivity index (χ4n) is 1.84. The zero-order chi connectivity index (χ0) is 16.8. The Morgan fingerprint density at radius 1 is 1.09 bits per heavy atom. The lowest BCUT2D eigenvalue weighted by atomic mass is 10.2. The van der Waals surface area contributed by atoms with Crippen LogP contribution in [0.25, 0.3) is 0 Å². The van der Waals surface area contributed by atoms with Crippen LogP contribution in [-0.2, 0) is 4.79 Å². The number of nitrogens with one attached hydrogen (secondary N) is 1. The summed E-state index contributed by atoms with van der Waals surface area (Å²) in [5, 5.41) is 3.32. The van der Waals surface area contributed by atoms with Crippen LogP contribution >= 0.6 is 23.2 Å². The van der Waals surface area contributed by atoms with E-state index in [-0.39, 0.29) is 17.5 Å². The summed E-state index contributed by atoms with van der Waals surface area (Å²) in [4.78, 5) is 12.0. The molecule has 0 spiro atoms. The van der Waals surface area contributed by atoms with Crippen LogP contribution in [0.1, 0.15) is 0 Å². The Morgan fingerprint density at radius 3 is 2.57 bits per heavy atom. The number of hydrogen-bond donors (Lipinski definition) is 1. The summed E-state index contributed by atoms with van der Waals surface area (Å²) in [6.45, 7) is -0.222. The molecular weight excluding hydrogens is 341 g/mol. The lowest BCUT2D eigenvalue weighted by Gasteiger charge is -2.12. The highest BCUT2D eigenvalue weighted by atomic mass is 35.5. The molecule has 0 atom stereocenters. The molecule has 0 aliphatic rings. The average Bonchev–Trinajstić information content (AvgIpc) is 2.56. The summed E-state index contributed by atoms with van der Waals surface area (Å²) in [6.07, 6.45) is 0. The average molecular weight is 356 g/mol. The normalized spacial score (nSPS) is 10.1. The van der Waals surface area contributed by atoms with E-state index < -0.39 is 0 Å². The molecule has 2 rings (SSSR count). The standard InChI is InChI=1S/C16H15Cl2NO4/c1-21-10-6-7-13(22-2)12(8-10)19-15(20)9-23-14-5-3-4-11(17)16(14)18/h3-8H,9H2,1-2H3,(H,19,20). The van der Waals surface area contributed by atoms with Gasteiger partial charge in [0.15, 0.2) is 6.61 Å². The third kappa shape index (κ3) is 4.43. The van der Waals surface area contributed by atoms with E-state index in [4.69, 9.17) is 37.4 Å². The van der Waals surface area contributed by atoms with Gasteiger partial charge in [0, 0.05) is 6.07 Å². The van der Waals surface area contributed by atoms with E-state index in [1.807, 2.05) is 0 Å². The molecule has 0 aliphatic heterocycles. The Morgan fingerprint density at radius 2 is 1.87 bits per heavy atom. The molecule has 0 fully saturated rings. The smallest absolute Gasteiger partial charge is 0.262 e. The van der Waals surface area contributed by atoms with Crippen molar-refractivity contribution < 1.29 is 19.0 Å². The number of methoxy groups -OCH3 is 2. The largest absolute Gasteiger partial charge is 0.497 e. The lowest BCUT2D eigenvalue weighted by molar-refractivity contribution is -0.118. The third-order valence-electron chi connectivity index (χ3n) is 2.96. The molecule has 0 heterocycles. The number of carbonyl (C=O) groups excluding carboxylic acids is 1. The minimum Gasteiger partial charge on any atom is -0.497 e. The number of benzene rings is 2. The predicted molar refractivity (Wildman–Crippen MR) is 90.1 cm³/mol. The number of halogens is 2. The minimum absolute atomic E-state index is 0.222. The monoisotopic (exact) mass is 355 g/mol. The van der Waals surface area contributed by atoms with E-state index in [9.17, 15) is 4.79 Å². The Bertz CT molecular complexity index is 706. The van der Waals surface area contributed by atoms with Crippen LogP contribution < -0.4 is 19.5 Å². The molecule has 0 radical (unpaired) electrons. The number of ether oxygens (including phenoxy) is 3. The summed E-state index contributed by atoms with van der Waals surface area (Å²) >= 11 is 11.9. The van der Waals surface area contributed by atoms with Gasteiger partial charge in [-0.1, -0.05) is 29.3 Å². The van der Waals surface area contributed by atoms with Crippen molar-refractivity contribution in [1.82, 2.24) is 0 Å². The van der Waals surface area contributed by atoms with Crippen molar-refractivity contribution in [3.8, 4) is 17.2 Å². The summed E-state index contributed by atoms with van der Waals surface area (Å²) in [7, 11) is 3.05. The molecule has 7 heteroatoms. The zero-order valence-corrected chi connectivity index (χ0v) is 14.1. The molecular formula is C16H15Cl2NO4. The highest BCUT2D eigenvalue weighted by Gasteiger charge is 2.11. The van der Waals surface area contributed by atoms with Crippen LogP contribution in [0, 0.1) is 0 Å². The summed E-state index contributed by atoms with van der Waals surface area (Å²) in [5.41, 5.74) is 0.484. The molecule has 23 heavy (non-hydrogen) atoms. The quantitative estimate of drug-likeness (QED) is 0.849. The van der Waals surface area contributed by atoms with Crippen LogP contribution in [0.5, 0.6) is 17.2 Å². The third-order valence-corrected chi connectivity index (χ3v) is 3.76. The van der Waals surface area contributed by atoms with Gasteiger partial charge in [-0.2, -0.15) is 0 Å². The van der Waals surface area contributed by atoms with Crippen LogP contribution in [0.2, 0.25) is 10.0 Å². The molecule has 0 aromatic heterocycles. The van der Waals surface area contributed by atoms with Crippen molar-refractivity contribution >= 4 is 34.8 Å². The van der Waals surface area contributed by atoms with Crippen molar-refractivity contribution in [2.45, 2.75) is 0 Å². The second kappa shape index (κ2) is 7.94. The Hall–Kier alpha value is -2.11. The van der Waals surface area contributed by atoms with E-state index in [2.05, 4.69) is 5.32 Å². The second-order valence-electron chi connectivity index (χ2n) is 4.46. The molecule has 0 unspecified atom stereocenters. The fourth-order valence-corrected chi connectivity index (χ4v) is 2.18. The summed E-state index contributed by atoms with van der Waals surface area (Å²) in [5.74, 6) is 1.08. The maximum absolute atomic E-state index is 12.0. The molecule has 1 amide bonds. The van der Waals surface area contributed by atoms with E-state index in [1.54, 1.807) is 36.4 Å². The Labute approximate surface area is 144 Å². The van der Waals surface area contributed by atoms with Crippen molar-refractivity contribution in [1.29, 1.82) is 0 Å². The zero-order valence-electron chi connectivity index (χ0n) is 12.6. The number of carbonyl (C=O) groups is 1. The van der Waals surface area contributed by atoms with Crippen LogP contribution in [0.3, 0.4) is 0 Å². The number of hydrogen-bond acceptors (Lipinski definition) is 4. The van der Waals surface area contributed by atoms with Gasteiger partial charge in [-0.3, -0.25) is 4.79 Å². The summed E-state index contributed by atoms with van der Waals surface area (Å²) < 4.78 is 15.7. The lowest BCUT2D eigenvalue weighted by Crippen LogP contribution is -2.20. The van der Waals surface area contributed by atoms with Crippen molar-refractivity contribution in [3.05, 3.63) is 46.4 Å². The first-order chi connectivity index (χ1) is 11.0. The van der Waals surface area contributed by atoms with Gasteiger partial charge in [0.05, 0.1) is 24.9 Å². The van der Waals surface area contributed by atoms with E-state index >= 15 is 0 Å². The van der Waals surface area contributed by atoms with Crippen LogP contribution in [-0.4, -0.2) is 26.7 Å². The van der Waals surface area contributed by atoms with Crippen molar-refractivity contribution in [2.24, 2.45) is 0 Å². The molecule has 0 saturated heterocycles. The summed E-state index contributed by atoms with van der Waals surface area (Å²) in [6, 6.07) is 10.0. The van der Waals surface area contributed by atoms with Gasteiger partial charge in [0.25, 0.3) is 5.91 Å². The molecule has 2 aromatic carbocycles. The van der Waals surface area contributed by atoms with Gasteiger partial charge < -0.3 is 19.5 Å². The number of amides is 1. The first-order valence-electron chi connectivity index (χ1n) is 6.64. The topological polar surface area (TPSA) is 56.8 Å². The van der Waals surface area contributed by atoms with E-state index in [0.29, 0.717) is 28.0 Å². The molecule has 0 bridgehead atoms. The fraction of sp³-hybridized carbons (Fsp3) is 0.188. The molecule has 0 saturated carbocycles. The number of anilines is 1. The molecule has 5 nitrogen and oxygen atoms in total. The van der Waals surface area contributed by atoms with Gasteiger partial charge in [0.1, 0.15) is 22.3 Å². The predicted octanol–water partition coefficient (Wildman–Crippen LogP) is 4.03. The number of rotatable bonds is 6. The minimum atomic E-state index is -0.368. The molecule has 122 valence electrons. The van der Waals surface area contributed by atoms with Gasteiger partial charge in [-0.15, -0.1) is 0 Å². The maximum atomic E-state index is 12.0. The highest BCUT2D eigenvalue weighted by molar-refractivity contribution is 6.42. The van der Waals surface area contributed by atoms with Crippen molar-refractivity contribution in [3.63, 3.8) is 0 Å². The van der Waals surface area contributed by atoms with Gasteiger partial charge in [-0.05, 0) is 24.3 Å². The van der Waals surface area contributed by atoms with Crippen molar-refractivity contribution in [2.75, 3.05) is 26.1 Å². The first kappa shape index (κ1) is 17.2.